The van der Waals surface area contributed by atoms with Gasteiger partial charge in [0.05, 0.1) is 23.8 Å². The molecule has 0 spiro atoms. The molecule has 0 aliphatic carbocycles. The van der Waals surface area contributed by atoms with E-state index in [2.05, 4.69) is 0 Å². The SMILES string of the molecule is N#CCCN(Cc1ccco1)S(=O)(=O)c1ccccc1. The van der Waals surface area contributed by atoms with E-state index in [1.165, 1.54) is 22.7 Å². The first kappa shape index (κ1) is 14.3. The van der Waals surface area contributed by atoms with E-state index >= 15 is 0 Å². The Morgan fingerprint density at radius 3 is 2.50 bits per heavy atom. The fourth-order valence-corrected chi connectivity index (χ4v) is 3.20. The fraction of sp³-hybridized carbons (Fsp3) is 0.214. The third-order valence-corrected chi connectivity index (χ3v) is 4.63. The summed E-state index contributed by atoms with van der Waals surface area (Å²) in [5.41, 5.74) is 0. The summed E-state index contributed by atoms with van der Waals surface area (Å²) in [7, 11) is -3.63. The van der Waals surface area contributed by atoms with Crippen LogP contribution >= 0.6 is 0 Å². The molecule has 20 heavy (non-hydrogen) atoms. The molecule has 0 saturated heterocycles. The van der Waals surface area contributed by atoms with Gasteiger partial charge in [-0.2, -0.15) is 9.57 Å². The molecule has 0 fully saturated rings. The molecule has 2 rings (SSSR count). The van der Waals surface area contributed by atoms with Crippen molar-refractivity contribution in [2.24, 2.45) is 0 Å². The van der Waals surface area contributed by atoms with Crippen molar-refractivity contribution >= 4 is 10.0 Å². The molecule has 5 nitrogen and oxygen atoms in total. The smallest absolute Gasteiger partial charge is 0.243 e. The molecule has 104 valence electrons. The summed E-state index contributed by atoms with van der Waals surface area (Å²) in [5, 5.41) is 8.68. The summed E-state index contributed by atoms with van der Waals surface area (Å²) in [6.45, 7) is 0.250. The van der Waals surface area contributed by atoms with Gasteiger partial charge in [0.2, 0.25) is 10.0 Å². The minimum absolute atomic E-state index is 0.117. The molecule has 0 atom stereocenters. The lowest BCUT2D eigenvalue weighted by Gasteiger charge is -2.20. The Morgan fingerprint density at radius 1 is 1.15 bits per heavy atom. The van der Waals surface area contributed by atoms with Gasteiger partial charge in [0.25, 0.3) is 0 Å². The Labute approximate surface area is 118 Å². The zero-order chi connectivity index (χ0) is 14.4. The minimum Gasteiger partial charge on any atom is -0.468 e. The first-order valence-corrected chi connectivity index (χ1v) is 7.53. The average Bonchev–Trinajstić information content (AvgIpc) is 2.97. The lowest BCUT2D eigenvalue weighted by molar-refractivity contribution is 0.368. The van der Waals surface area contributed by atoms with E-state index in [-0.39, 0.29) is 24.4 Å². The number of nitrogens with zero attached hydrogens (tertiary/aromatic N) is 2. The molecule has 1 heterocycles. The predicted molar refractivity (Wildman–Crippen MR) is 73.0 cm³/mol. The van der Waals surface area contributed by atoms with Gasteiger partial charge in [-0.1, -0.05) is 18.2 Å². The van der Waals surface area contributed by atoms with Crippen molar-refractivity contribution in [3.63, 3.8) is 0 Å². The highest BCUT2D eigenvalue weighted by Crippen LogP contribution is 2.18. The Balaban J connectivity index is 2.28. The molecule has 2 aromatic rings. The summed E-state index contributed by atoms with van der Waals surface area (Å²) >= 11 is 0. The zero-order valence-corrected chi connectivity index (χ0v) is 11.6. The second-order valence-corrected chi connectivity index (χ2v) is 6.08. The van der Waals surface area contributed by atoms with Crippen molar-refractivity contribution < 1.29 is 12.8 Å². The molecule has 0 radical (unpaired) electrons. The highest BCUT2D eigenvalue weighted by molar-refractivity contribution is 7.89. The summed E-state index contributed by atoms with van der Waals surface area (Å²) in [6.07, 6.45) is 1.62. The van der Waals surface area contributed by atoms with Crippen molar-refractivity contribution in [1.82, 2.24) is 4.31 Å². The monoisotopic (exact) mass is 290 g/mol. The Morgan fingerprint density at radius 2 is 1.90 bits per heavy atom. The fourth-order valence-electron chi connectivity index (χ4n) is 1.78. The Bertz CT molecular complexity index is 673. The van der Waals surface area contributed by atoms with E-state index in [9.17, 15) is 8.42 Å². The van der Waals surface area contributed by atoms with Gasteiger partial charge in [-0.15, -0.1) is 0 Å². The molecule has 0 N–H and O–H groups in total. The van der Waals surface area contributed by atoms with E-state index < -0.39 is 10.0 Å². The van der Waals surface area contributed by atoms with Crippen molar-refractivity contribution in [3.8, 4) is 6.07 Å². The van der Waals surface area contributed by atoms with E-state index in [0.717, 1.165) is 0 Å². The van der Waals surface area contributed by atoms with E-state index in [1.54, 1.807) is 30.3 Å². The Kier molecular flexibility index (Phi) is 4.56. The van der Waals surface area contributed by atoms with Gasteiger partial charge >= 0.3 is 0 Å². The molecule has 6 heteroatoms. The van der Waals surface area contributed by atoms with Crippen LogP contribution in [0.2, 0.25) is 0 Å². The standard InChI is InChI=1S/C14H14N2O3S/c15-9-5-10-16(12-13-6-4-11-19-13)20(17,18)14-7-2-1-3-8-14/h1-4,6-8,11H,5,10,12H2. The minimum atomic E-state index is -3.63. The van der Waals surface area contributed by atoms with Crippen LogP contribution < -0.4 is 0 Å². The second-order valence-electron chi connectivity index (χ2n) is 4.14. The number of hydrogen-bond acceptors (Lipinski definition) is 4. The van der Waals surface area contributed by atoms with Crippen molar-refractivity contribution in [2.75, 3.05) is 6.54 Å². The van der Waals surface area contributed by atoms with Crippen LogP contribution in [0.3, 0.4) is 0 Å². The molecular formula is C14H14N2O3S. The molecule has 0 aliphatic rings. The molecule has 1 aromatic carbocycles. The number of sulfonamides is 1. The summed E-state index contributed by atoms with van der Waals surface area (Å²) in [4.78, 5) is 0.212. The van der Waals surface area contributed by atoms with Crippen LogP contribution in [0.25, 0.3) is 0 Å². The summed E-state index contributed by atoms with van der Waals surface area (Å²) in [5.74, 6) is 0.544. The third-order valence-electron chi connectivity index (χ3n) is 2.77. The first-order chi connectivity index (χ1) is 9.64. The maximum Gasteiger partial charge on any atom is 0.243 e. The number of furan rings is 1. The molecule has 0 bridgehead atoms. The second kappa shape index (κ2) is 6.37. The molecule has 1 aromatic heterocycles. The third kappa shape index (κ3) is 3.26. The van der Waals surface area contributed by atoms with E-state index in [4.69, 9.17) is 9.68 Å². The van der Waals surface area contributed by atoms with Gasteiger partial charge in [0.15, 0.2) is 0 Å². The molecule has 0 unspecified atom stereocenters. The molecular weight excluding hydrogens is 276 g/mol. The van der Waals surface area contributed by atoms with Crippen molar-refractivity contribution in [3.05, 3.63) is 54.5 Å². The van der Waals surface area contributed by atoms with E-state index in [1.807, 2.05) is 6.07 Å². The van der Waals surface area contributed by atoms with Gasteiger partial charge in [-0.05, 0) is 24.3 Å². The first-order valence-electron chi connectivity index (χ1n) is 6.09. The van der Waals surface area contributed by atoms with Gasteiger partial charge < -0.3 is 4.42 Å². The summed E-state index contributed by atoms with van der Waals surface area (Å²) in [6, 6.07) is 13.5. The number of benzene rings is 1. The van der Waals surface area contributed by atoms with Crippen LogP contribution in [0, 0.1) is 11.3 Å². The lowest BCUT2D eigenvalue weighted by Crippen LogP contribution is -2.31. The zero-order valence-electron chi connectivity index (χ0n) is 10.8. The topological polar surface area (TPSA) is 74.3 Å². The quantitative estimate of drug-likeness (QED) is 0.818. The van der Waals surface area contributed by atoms with Crippen LogP contribution in [-0.2, 0) is 16.6 Å². The maximum atomic E-state index is 12.5. The highest BCUT2D eigenvalue weighted by Gasteiger charge is 2.24. The number of rotatable bonds is 6. The largest absolute Gasteiger partial charge is 0.468 e. The van der Waals surface area contributed by atoms with Crippen LogP contribution in [-0.4, -0.2) is 19.3 Å². The van der Waals surface area contributed by atoms with Crippen LogP contribution in [0.1, 0.15) is 12.2 Å². The van der Waals surface area contributed by atoms with Gasteiger partial charge in [-0.3, -0.25) is 0 Å². The van der Waals surface area contributed by atoms with Crippen LogP contribution in [0.15, 0.2) is 58.0 Å². The maximum absolute atomic E-state index is 12.5. The van der Waals surface area contributed by atoms with Crippen LogP contribution in [0.4, 0.5) is 0 Å². The normalized spacial score (nSPS) is 11.4. The number of nitriles is 1. The molecule has 0 saturated carbocycles. The lowest BCUT2D eigenvalue weighted by atomic mass is 10.4. The molecule has 0 aliphatic heterocycles. The predicted octanol–water partition coefficient (Wildman–Crippen LogP) is 2.38. The summed E-state index contributed by atoms with van der Waals surface area (Å²) < 4.78 is 31.5. The number of hydrogen-bond donors (Lipinski definition) is 0. The van der Waals surface area contributed by atoms with Gasteiger partial charge in [-0.25, -0.2) is 8.42 Å². The molecule has 0 amide bonds. The highest BCUT2D eigenvalue weighted by atomic mass is 32.2. The van der Waals surface area contributed by atoms with Crippen molar-refractivity contribution in [1.29, 1.82) is 5.26 Å². The van der Waals surface area contributed by atoms with Gasteiger partial charge in [0.1, 0.15) is 5.76 Å². The van der Waals surface area contributed by atoms with Crippen LogP contribution in [0.5, 0.6) is 0 Å². The average molecular weight is 290 g/mol. The van der Waals surface area contributed by atoms with Gasteiger partial charge in [0, 0.05) is 13.0 Å². The van der Waals surface area contributed by atoms with Crippen molar-refractivity contribution in [2.45, 2.75) is 17.9 Å². The Hall–Kier alpha value is -2.10. The van der Waals surface area contributed by atoms with E-state index in [0.29, 0.717) is 5.76 Å².